The molecule has 7 heteroatoms. The molecule has 0 spiro atoms. The van der Waals surface area contributed by atoms with Gasteiger partial charge in [-0.3, -0.25) is 4.79 Å². The summed E-state index contributed by atoms with van der Waals surface area (Å²) in [4.78, 5) is 26.3. The zero-order chi connectivity index (χ0) is 14.7. The van der Waals surface area contributed by atoms with E-state index in [0.29, 0.717) is 10.9 Å². The van der Waals surface area contributed by atoms with Crippen LogP contribution in [-0.2, 0) is 9.53 Å². The Labute approximate surface area is 113 Å². The number of aromatic nitrogens is 1. The molecular formula is C13H11FN2O4. The van der Waals surface area contributed by atoms with Gasteiger partial charge in [-0.1, -0.05) is 0 Å². The molecule has 1 aromatic heterocycles. The first-order valence-corrected chi connectivity index (χ1v) is 5.61. The number of esters is 1. The number of ether oxygens (including phenoxy) is 2. The maximum Gasteiger partial charge on any atom is 0.356 e. The molecular weight excluding hydrogens is 267 g/mol. The Morgan fingerprint density at radius 3 is 2.75 bits per heavy atom. The summed E-state index contributed by atoms with van der Waals surface area (Å²) in [6, 6.07) is 5.07. The molecule has 0 saturated carbocycles. The van der Waals surface area contributed by atoms with Crippen molar-refractivity contribution >= 4 is 22.8 Å². The van der Waals surface area contributed by atoms with E-state index in [1.165, 1.54) is 31.4 Å². The summed E-state index contributed by atoms with van der Waals surface area (Å²) < 4.78 is 23.0. The summed E-state index contributed by atoms with van der Waals surface area (Å²) in [5.74, 6) is -1.71. The van der Waals surface area contributed by atoms with E-state index in [2.05, 4.69) is 9.72 Å². The first-order valence-electron chi connectivity index (χ1n) is 5.61. The number of nitrogens with zero attached hydrogens (tertiary/aromatic N) is 1. The third kappa shape index (κ3) is 2.82. The summed E-state index contributed by atoms with van der Waals surface area (Å²) in [5, 5.41) is 0.332. The van der Waals surface area contributed by atoms with Gasteiger partial charge in [-0.05, 0) is 18.2 Å². The van der Waals surface area contributed by atoms with Crippen molar-refractivity contribution in [3.05, 3.63) is 35.8 Å². The largest absolute Gasteiger partial charge is 0.483 e. The second-order valence-electron chi connectivity index (χ2n) is 3.91. The lowest BCUT2D eigenvalue weighted by Crippen LogP contribution is -2.20. The van der Waals surface area contributed by atoms with Crippen LogP contribution in [0.15, 0.2) is 24.3 Å². The molecule has 0 atom stereocenters. The van der Waals surface area contributed by atoms with Gasteiger partial charge >= 0.3 is 5.97 Å². The van der Waals surface area contributed by atoms with E-state index in [4.69, 9.17) is 10.5 Å². The zero-order valence-electron chi connectivity index (χ0n) is 10.6. The Balaban J connectivity index is 2.56. The van der Waals surface area contributed by atoms with Crippen molar-refractivity contribution in [1.29, 1.82) is 0 Å². The lowest BCUT2D eigenvalue weighted by Gasteiger charge is -2.09. The van der Waals surface area contributed by atoms with Crippen LogP contribution < -0.4 is 10.5 Å². The summed E-state index contributed by atoms with van der Waals surface area (Å²) in [6.45, 7) is -0.393. The predicted octanol–water partition coefficient (Wildman–Crippen LogP) is 1.02. The monoisotopic (exact) mass is 278 g/mol. The number of amides is 1. The minimum absolute atomic E-state index is 0.00826. The first kappa shape index (κ1) is 13.7. The Bertz CT molecular complexity index is 687. The van der Waals surface area contributed by atoms with Crippen molar-refractivity contribution in [2.75, 3.05) is 13.7 Å². The van der Waals surface area contributed by atoms with Crippen molar-refractivity contribution in [2.24, 2.45) is 5.73 Å². The number of primary amides is 1. The highest BCUT2D eigenvalue weighted by molar-refractivity contribution is 5.94. The molecule has 0 fully saturated rings. The lowest BCUT2D eigenvalue weighted by atomic mass is 10.1. The SMILES string of the molecule is COC(=O)c1cc(OCC(N)=O)c2cc(F)ccc2n1. The average molecular weight is 278 g/mol. The topological polar surface area (TPSA) is 91.5 Å². The summed E-state index contributed by atoms with van der Waals surface area (Å²) in [6.07, 6.45) is 0. The smallest absolute Gasteiger partial charge is 0.356 e. The quantitative estimate of drug-likeness (QED) is 0.843. The molecule has 0 bridgehead atoms. The lowest BCUT2D eigenvalue weighted by molar-refractivity contribution is -0.119. The Hall–Kier alpha value is -2.70. The highest BCUT2D eigenvalue weighted by atomic mass is 19.1. The predicted molar refractivity (Wildman–Crippen MR) is 67.7 cm³/mol. The zero-order valence-corrected chi connectivity index (χ0v) is 10.6. The number of carbonyl (C=O) groups is 2. The van der Waals surface area contributed by atoms with E-state index >= 15 is 0 Å². The molecule has 0 aliphatic carbocycles. The third-order valence-corrected chi connectivity index (χ3v) is 2.50. The number of halogens is 1. The van der Waals surface area contributed by atoms with Crippen molar-refractivity contribution in [1.82, 2.24) is 4.98 Å². The van der Waals surface area contributed by atoms with Gasteiger partial charge in [-0.15, -0.1) is 0 Å². The molecule has 2 rings (SSSR count). The number of nitrogens with two attached hydrogens (primary N) is 1. The summed E-state index contributed by atoms with van der Waals surface area (Å²) in [5.41, 5.74) is 5.33. The van der Waals surface area contributed by atoms with Crippen LogP contribution in [0.25, 0.3) is 10.9 Å². The maximum absolute atomic E-state index is 13.3. The van der Waals surface area contributed by atoms with E-state index in [-0.39, 0.29) is 11.4 Å². The van der Waals surface area contributed by atoms with Crippen LogP contribution in [0.5, 0.6) is 5.75 Å². The molecule has 1 amide bonds. The van der Waals surface area contributed by atoms with Gasteiger partial charge in [0, 0.05) is 11.5 Å². The average Bonchev–Trinajstić information content (AvgIpc) is 2.43. The second kappa shape index (κ2) is 5.52. The van der Waals surface area contributed by atoms with Gasteiger partial charge in [-0.2, -0.15) is 0 Å². The fourth-order valence-corrected chi connectivity index (χ4v) is 1.64. The highest BCUT2D eigenvalue weighted by Gasteiger charge is 2.14. The van der Waals surface area contributed by atoms with Crippen LogP contribution in [-0.4, -0.2) is 30.6 Å². The molecule has 20 heavy (non-hydrogen) atoms. The van der Waals surface area contributed by atoms with Gasteiger partial charge in [0.1, 0.15) is 11.6 Å². The molecule has 0 aliphatic rings. The van der Waals surface area contributed by atoms with Crippen LogP contribution in [0, 0.1) is 5.82 Å². The minimum atomic E-state index is -0.689. The van der Waals surface area contributed by atoms with Crippen molar-refractivity contribution in [3.63, 3.8) is 0 Å². The maximum atomic E-state index is 13.3. The van der Waals surface area contributed by atoms with Gasteiger partial charge in [0.05, 0.1) is 12.6 Å². The second-order valence-corrected chi connectivity index (χ2v) is 3.91. The molecule has 0 saturated heterocycles. The molecule has 1 aromatic carbocycles. The molecule has 2 N–H and O–H groups in total. The standard InChI is InChI=1S/C13H11FN2O4/c1-19-13(18)10-5-11(20-6-12(15)17)8-4-7(14)2-3-9(8)16-10/h2-5H,6H2,1H3,(H2,15,17). The minimum Gasteiger partial charge on any atom is -0.483 e. The van der Waals surface area contributed by atoms with Gasteiger partial charge in [0.15, 0.2) is 12.3 Å². The third-order valence-electron chi connectivity index (χ3n) is 2.50. The number of pyridine rings is 1. The number of fused-ring (bicyclic) bond motifs is 1. The Kier molecular flexibility index (Phi) is 3.79. The summed E-state index contributed by atoms with van der Waals surface area (Å²) in [7, 11) is 1.21. The number of hydrogen-bond acceptors (Lipinski definition) is 5. The fraction of sp³-hybridized carbons (Fsp3) is 0.154. The van der Waals surface area contributed by atoms with Crippen molar-refractivity contribution in [2.45, 2.75) is 0 Å². The fourth-order valence-electron chi connectivity index (χ4n) is 1.64. The highest BCUT2D eigenvalue weighted by Crippen LogP contribution is 2.26. The van der Waals surface area contributed by atoms with Crippen LogP contribution in [0.4, 0.5) is 4.39 Å². The first-order chi connectivity index (χ1) is 9.51. The van der Waals surface area contributed by atoms with E-state index in [0.717, 1.165) is 0 Å². The number of rotatable bonds is 4. The molecule has 1 heterocycles. The molecule has 2 aromatic rings. The van der Waals surface area contributed by atoms with E-state index in [1.807, 2.05) is 0 Å². The Morgan fingerprint density at radius 1 is 1.35 bits per heavy atom. The molecule has 104 valence electrons. The van der Waals surface area contributed by atoms with E-state index in [1.54, 1.807) is 0 Å². The van der Waals surface area contributed by atoms with Gasteiger partial charge < -0.3 is 15.2 Å². The molecule has 0 unspecified atom stereocenters. The Morgan fingerprint density at radius 2 is 2.10 bits per heavy atom. The summed E-state index contributed by atoms with van der Waals surface area (Å²) >= 11 is 0. The number of hydrogen-bond donors (Lipinski definition) is 1. The van der Waals surface area contributed by atoms with Crippen LogP contribution in [0.2, 0.25) is 0 Å². The number of benzene rings is 1. The van der Waals surface area contributed by atoms with Crippen LogP contribution >= 0.6 is 0 Å². The van der Waals surface area contributed by atoms with Gasteiger partial charge in [0.2, 0.25) is 0 Å². The van der Waals surface area contributed by atoms with Crippen LogP contribution in [0.3, 0.4) is 0 Å². The van der Waals surface area contributed by atoms with E-state index in [9.17, 15) is 14.0 Å². The molecule has 6 nitrogen and oxygen atoms in total. The molecule has 0 radical (unpaired) electrons. The van der Waals surface area contributed by atoms with Crippen LogP contribution in [0.1, 0.15) is 10.5 Å². The van der Waals surface area contributed by atoms with E-state index < -0.39 is 24.3 Å². The molecule has 0 aliphatic heterocycles. The number of methoxy groups -OCH3 is 1. The normalized spacial score (nSPS) is 10.3. The number of carbonyl (C=O) groups excluding carboxylic acids is 2. The van der Waals surface area contributed by atoms with Gasteiger partial charge in [0.25, 0.3) is 5.91 Å². The van der Waals surface area contributed by atoms with Crippen molar-refractivity contribution in [3.8, 4) is 5.75 Å². The van der Waals surface area contributed by atoms with Crippen molar-refractivity contribution < 1.29 is 23.5 Å². The van der Waals surface area contributed by atoms with Gasteiger partial charge in [-0.25, -0.2) is 14.2 Å².